The lowest BCUT2D eigenvalue weighted by molar-refractivity contribution is -0.0899. The van der Waals surface area contributed by atoms with Crippen LogP contribution >= 0.6 is 0 Å². The van der Waals surface area contributed by atoms with Gasteiger partial charge in [-0.2, -0.15) is 0 Å². The summed E-state index contributed by atoms with van der Waals surface area (Å²) in [4.78, 5) is 0. The fourth-order valence-electron chi connectivity index (χ4n) is 3.73. The van der Waals surface area contributed by atoms with E-state index in [1.165, 1.54) is 48.8 Å². The summed E-state index contributed by atoms with van der Waals surface area (Å²) < 4.78 is 6.31. The quantitative estimate of drug-likeness (QED) is 0.865. The molecule has 0 heterocycles. The van der Waals surface area contributed by atoms with Gasteiger partial charge in [-0.05, 0) is 51.8 Å². The van der Waals surface area contributed by atoms with Gasteiger partial charge in [0.1, 0.15) is 0 Å². The number of benzene rings is 1. The van der Waals surface area contributed by atoms with Crippen molar-refractivity contribution in [2.24, 2.45) is 0 Å². The minimum Gasteiger partial charge on any atom is -0.373 e. The van der Waals surface area contributed by atoms with Gasteiger partial charge in [0.2, 0.25) is 0 Å². The van der Waals surface area contributed by atoms with E-state index in [0.717, 1.165) is 6.61 Å². The second-order valence-corrected chi connectivity index (χ2v) is 6.14. The van der Waals surface area contributed by atoms with E-state index in [1.54, 1.807) is 0 Å². The lowest BCUT2D eigenvalue weighted by Crippen LogP contribution is -2.47. The van der Waals surface area contributed by atoms with Crippen LogP contribution in [0.3, 0.4) is 0 Å². The fraction of sp³-hybridized carbons (Fsp3) is 0.667. The molecule has 0 amide bonds. The standard InChI is InChI=1S/C18H29NO/c1-5-20-18(11-7-6-8-12-18)17(19-4)16-13-14(2)9-10-15(16)3/h9-10,13,17,19H,5-8,11-12H2,1-4H3. The molecule has 2 rings (SSSR count). The zero-order valence-corrected chi connectivity index (χ0v) is 13.5. The molecule has 1 saturated carbocycles. The highest BCUT2D eigenvalue weighted by molar-refractivity contribution is 5.35. The van der Waals surface area contributed by atoms with Crippen molar-refractivity contribution in [2.75, 3.05) is 13.7 Å². The van der Waals surface area contributed by atoms with Crippen LogP contribution in [0.1, 0.15) is 61.8 Å². The molecule has 0 bridgehead atoms. The van der Waals surface area contributed by atoms with E-state index in [-0.39, 0.29) is 5.60 Å². The summed E-state index contributed by atoms with van der Waals surface area (Å²) in [6.07, 6.45) is 6.24. The van der Waals surface area contributed by atoms with Crippen molar-refractivity contribution in [1.29, 1.82) is 0 Å². The second kappa shape index (κ2) is 6.73. The highest BCUT2D eigenvalue weighted by atomic mass is 16.5. The number of likely N-dealkylation sites (N-methyl/N-ethyl adjacent to an activating group) is 1. The zero-order valence-electron chi connectivity index (χ0n) is 13.5. The Morgan fingerprint density at radius 3 is 2.50 bits per heavy atom. The highest BCUT2D eigenvalue weighted by Gasteiger charge is 2.41. The van der Waals surface area contributed by atoms with Crippen molar-refractivity contribution in [1.82, 2.24) is 5.32 Å². The number of nitrogens with one attached hydrogen (secondary N) is 1. The summed E-state index contributed by atoms with van der Waals surface area (Å²) in [5.41, 5.74) is 4.07. The molecule has 0 aliphatic heterocycles. The summed E-state index contributed by atoms with van der Waals surface area (Å²) in [7, 11) is 2.07. The van der Waals surface area contributed by atoms with E-state index in [0.29, 0.717) is 6.04 Å². The molecule has 20 heavy (non-hydrogen) atoms. The van der Waals surface area contributed by atoms with Crippen molar-refractivity contribution in [3.8, 4) is 0 Å². The summed E-state index contributed by atoms with van der Waals surface area (Å²) in [5, 5.41) is 3.56. The predicted octanol–water partition coefficient (Wildman–Crippen LogP) is 4.30. The molecular formula is C18H29NO. The summed E-state index contributed by atoms with van der Waals surface area (Å²) in [6, 6.07) is 7.05. The van der Waals surface area contributed by atoms with E-state index in [2.05, 4.69) is 51.3 Å². The third-order valence-corrected chi connectivity index (χ3v) is 4.69. The molecule has 0 aromatic heterocycles. The van der Waals surface area contributed by atoms with Gasteiger partial charge in [-0.15, -0.1) is 0 Å². The van der Waals surface area contributed by atoms with Crippen LogP contribution in [0.15, 0.2) is 18.2 Å². The first-order chi connectivity index (χ1) is 9.63. The van der Waals surface area contributed by atoms with Crippen molar-refractivity contribution >= 4 is 0 Å². The lowest BCUT2D eigenvalue weighted by Gasteiger charge is -2.44. The summed E-state index contributed by atoms with van der Waals surface area (Å²) in [5.74, 6) is 0. The Morgan fingerprint density at radius 1 is 1.20 bits per heavy atom. The van der Waals surface area contributed by atoms with E-state index in [1.807, 2.05) is 0 Å². The van der Waals surface area contributed by atoms with Crippen LogP contribution in [0.4, 0.5) is 0 Å². The van der Waals surface area contributed by atoms with Gasteiger partial charge in [0.05, 0.1) is 11.6 Å². The molecule has 2 nitrogen and oxygen atoms in total. The largest absolute Gasteiger partial charge is 0.373 e. The molecule has 2 heteroatoms. The number of ether oxygens (including phenoxy) is 1. The molecule has 1 N–H and O–H groups in total. The molecular weight excluding hydrogens is 246 g/mol. The summed E-state index contributed by atoms with van der Waals surface area (Å²) >= 11 is 0. The van der Waals surface area contributed by atoms with Crippen molar-refractivity contribution in [3.63, 3.8) is 0 Å². The third-order valence-electron chi connectivity index (χ3n) is 4.69. The molecule has 112 valence electrons. The first kappa shape index (κ1) is 15.5. The molecule has 0 saturated heterocycles. The minimum atomic E-state index is -0.0275. The SMILES string of the molecule is CCOC1(C(NC)c2cc(C)ccc2C)CCCCC1. The average molecular weight is 275 g/mol. The number of hydrogen-bond acceptors (Lipinski definition) is 2. The molecule has 1 atom stereocenters. The monoisotopic (exact) mass is 275 g/mol. The van der Waals surface area contributed by atoms with Gasteiger partial charge < -0.3 is 10.1 Å². The van der Waals surface area contributed by atoms with Crippen LogP contribution < -0.4 is 5.32 Å². The lowest BCUT2D eigenvalue weighted by atomic mass is 9.75. The number of hydrogen-bond donors (Lipinski definition) is 1. The molecule has 1 aliphatic rings. The molecule has 1 aliphatic carbocycles. The van der Waals surface area contributed by atoms with Crippen molar-refractivity contribution in [2.45, 2.75) is 64.5 Å². The van der Waals surface area contributed by atoms with Crippen LogP contribution in [0, 0.1) is 13.8 Å². The van der Waals surface area contributed by atoms with Gasteiger partial charge in [-0.1, -0.05) is 43.0 Å². The Bertz CT molecular complexity index is 430. The van der Waals surface area contributed by atoms with Crippen molar-refractivity contribution < 1.29 is 4.74 Å². The Morgan fingerprint density at radius 2 is 1.90 bits per heavy atom. The Balaban J connectivity index is 2.39. The van der Waals surface area contributed by atoms with Crippen LogP contribution in [-0.2, 0) is 4.74 Å². The Hall–Kier alpha value is -0.860. The average Bonchev–Trinajstić information content (AvgIpc) is 2.45. The van der Waals surface area contributed by atoms with Gasteiger partial charge in [-0.3, -0.25) is 0 Å². The van der Waals surface area contributed by atoms with Gasteiger partial charge in [0.25, 0.3) is 0 Å². The maximum Gasteiger partial charge on any atom is 0.0876 e. The van der Waals surface area contributed by atoms with Crippen LogP contribution in [0.2, 0.25) is 0 Å². The van der Waals surface area contributed by atoms with E-state index in [9.17, 15) is 0 Å². The van der Waals surface area contributed by atoms with Gasteiger partial charge in [0, 0.05) is 6.61 Å². The van der Waals surface area contributed by atoms with Gasteiger partial charge >= 0.3 is 0 Å². The van der Waals surface area contributed by atoms with E-state index in [4.69, 9.17) is 4.74 Å². The van der Waals surface area contributed by atoms with Gasteiger partial charge in [-0.25, -0.2) is 0 Å². The van der Waals surface area contributed by atoms with Crippen LogP contribution in [0.25, 0.3) is 0 Å². The van der Waals surface area contributed by atoms with E-state index < -0.39 is 0 Å². The second-order valence-electron chi connectivity index (χ2n) is 6.14. The Labute approximate surface area is 123 Å². The molecule has 1 aromatic rings. The minimum absolute atomic E-state index is 0.0275. The molecule has 0 radical (unpaired) electrons. The number of aryl methyl sites for hydroxylation is 2. The zero-order chi connectivity index (χ0) is 14.6. The van der Waals surface area contributed by atoms with Crippen molar-refractivity contribution in [3.05, 3.63) is 34.9 Å². The first-order valence-corrected chi connectivity index (χ1v) is 8.01. The smallest absolute Gasteiger partial charge is 0.0876 e. The summed E-state index contributed by atoms with van der Waals surface area (Å²) in [6.45, 7) is 7.29. The molecule has 0 spiro atoms. The van der Waals surface area contributed by atoms with E-state index >= 15 is 0 Å². The number of rotatable bonds is 5. The Kier molecular flexibility index (Phi) is 5.22. The topological polar surface area (TPSA) is 21.3 Å². The first-order valence-electron chi connectivity index (χ1n) is 8.01. The maximum atomic E-state index is 6.31. The highest BCUT2D eigenvalue weighted by Crippen LogP contribution is 2.42. The molecule has 1 aromatic carbocycles. The fourth-order valence-corrected chi connectivity index (χ4v) is 3.73. The van der Waals surface area contributed by atoms with Crippen LogP contribution in [0.5, 0.6) is 0 Å². The van der Waals surface area contributed by atoms with Crippen LogP contribution in [-0.4, -0.2) is 19.3 Å². The maximum absolute atomic E-state index is 6.31. The molecule has 1 fully saturated rings. The van der Waals surface area contributed by atoms with Gasteiger partial charge in [0.15, 0.2) is 0 Å². The normalized spacial score (nSPS) is 19.8. The predicted molar refractivity (Wildman–Crippen MR) is 85.2 cm³/mol. The molecule has 1 unspecified atom stereocenters. The third kappa shape index (κ3) is 3.07.